The SMILES string of the molecule is C=CN(C=C(C)C)c1cc(CC)cc(C(F)(F)F)c1. The monoisotopic (exact) mass is 269 g/mol. The molecular weight excluding hydrogens is 251 g/mol. The van der Waals surface area contributed by atoms with Gasteiger partial charge in [0, 0.05) is 18.1 Å². The molecule has 0 aliphatic heterocycles. The van der Waals surface area contributed by atoms with E-state index in [1.54, 1.807) is 17.2 Å². The van der Waals surface area contributed by atoms with Crippen molar-refractivity contribution in [2.45, 2.75) is 33.4 Å². The zero-order chi connectivity index (χ0) is 14.6. The van der Waals surface area contributed by atoms with E-state index in [4.69, 9.17) is 0 Å². The van der Waals surface area contributed by atoms with E-state index in [0.29, 0.717) is 17.7 Å². The fourth-order valence-corrected chi connectivity index (χ4v) is 1.70. The van der Waals surface area contributed by atoms with Gasteiger partial charge in [0.05, 0.1) is 5.56 Å². The summed E-state index contributed by atoms with van der Waals surface area (Å²) in [7, 11) is 0. The number of alkyl halides is 3. The van der Waals surface area contributed by atoms with E-state index in [-0.39, 0.29) is 0 Å². The molecule has 0 aromatic heterocycles. The molecule has 104 valence electrons. The number of benzene rings is 1. The van der Waals surface area contributed by atoms with Crippen LogP contribution in [-0.4, -0.2) is 0 Å². The first-order valence-electron chi connectivity index (χ1n) is 6.05. The van der Waals surface area contributed by atoms with Crippen molar-refractivity contribution in [2.24, 2.45) is 0 Å². The third-order valence-corrected chi connectivity index (χ3v) is 2.61. The van der Waals surface area contributed by atoms with Gasteiger partial charge in [-0.3, -0.25) is 0 Å². The Kier molecular flexibility index (Phi) is 4.81. The van der Waals surface area contributed by atoms with E-state index in [9.17, 15) is 13.2 Å². The summed E-state index contributed by atoms with van der Waals surface area (Å²) in [6.07, 6.45) is -0.529. The summed E-state index contributed by atoms with van der Waals surface area (Å²) in [4.78, 5) is 1.60. The minimum atomic E-state index is -4.34. The summed E-state index contributed by atoms with van der Waals surface area (Å²) in [5.74, 6) is 0. The van der Waals surface area contributed by atoms with E-state index >= 15 is 0 Å². The van der Waals surface area contributed by atoms with Crippen LogP contribution in [0.1, 0.15) is 31.9 Å². The van der Waals surface area contributed by atoms with Crippen LogP contribution in [0.25, 0.3) is 0 Å². The number of nitrogens with zero attached hydrogens (tertiary/aromatic N) is 1. The Hall–Kier alpha value is -1.71. The second-order valence-electron chi connectivity index (χ2n) is 4.54. The first-order chi connectivity index (χ1) is 8.77. The van der Waals surface area contributed by atoms with Crippen LogP contribution in [0.3, 0.4) is 0 Å². The molecule has 0 aliphatic carbocycles. The number of allylic oxidation sites excluding steroid dienone is 1. The second-order valence-corrected chi connectivity index (χ2v) is 4.54. The van der Waals surface area contributed by atoms with Gasteiger partial charge in [-0.1, -0.05) is 19.1 Å². The van der Waals surface area contributed by atoms with Gasteiger partial charge in [0.1, 0.15) is 0 Å². The molecular formula is C15H18F3N. The van der Waals surface area contributed by atoms with E-state index in [2.05, 4.69) is 6.58 Å². The van der Waals surface area contributed by atoms with Crippen molar-refractivity contribution in [3.05, 3.63) is 53.9 Å². The molecule has 0 radical (unpaired) electrons. The highest BCUT2D eigenvalue weighted by molar-refractivity contribution is 5.56. The molecule has 0 saturated carbocycles. The molecule has 0 atom stereocenters. The molecule has 4 heteroatoms. The average molecular weight is 269 g/mol. The predicted octanol–water partition coefficient (Wildman–Crippen LogP) is 5.14. The summed E-state index contributed by atoms with van der Waals surface area (Å²) >= 11 is 0. The molecule has 0 bridgehead atoms. The van der Waals surface area contributed by atoms with Crippen LogP contribution in [0.5, 0.6) is 0 Å². The molecule has 0 amide bonds. The number of anilines is 1. The van der Waals surface area contributed by atoms with E-state index < -0.39 is 11.7 Å². The maximum absolute atomic E-state index is 12.9. The quantitative estimate of drug-likeness (QED) is 0.731. The van der Waals surface area contributed by atoms with Crippen molar-refractivity contribution >= 4 is 5.69 Å². The lowest BCUT2D eigenvalue weighted by Gasteiger charge is -2.19. The lowest BCUT2D eigenvalue weighted by molar-refractivity contribution is -0.137. The summed E-state index contributed by atoms with van der Waals surface area (Å²) < 4.78 is 38.6. The Morgan fingerprint density at radius 1 is 1.26 bits per heavy atom. The van der Waals surface area contributed by atoms with E-state index in [1.165, 1.54) is 12.3 Å². The highest BCUT2D eigenvalue weighted by Crippen LogP contribution is 2.33. The molecule has 0 N–H and O–H groups in total. The summed E-state index contributed by atoms with van der Waals surface area (Å²) in [5.41, 5.74) is 1.48. The van der Waals surface area contributed by atoms with Crippen LogP contribution >= 0.6 is 0 Å². The zero-order valence-corrected chi connectivity index (χ0v) is 11.4. The number of hydrogen-bond donors (Lipinski definition) is 0. The molecule has 1 nitrogen and oxygen atoms in total. The fourth-order valence-electron chi connectivity index (χ4n) is 1.70. The van der Waals surface area contributed by atoms with Gasteiger partial charge in [-0.15, -0.1) is 0 Å². The lowest BCUT2D eigenvalue weighted by Crippen LogP contribution is -2.11. The number of hydrogen-bond acceptors (Lipinski definition) is 1. The van der Waals surface area contributed by atoms with Gasteiger partial charge < -0.3 is 4.90 Å². The second kappa shape index (κ2) is 5.95. The van der Waals surface area contributed by atoms with Crippen LogP contribution in [0.15, 0.2) is 42.8 Å². The largest absolute Gasteiger partial charge is 0.416 e. The Labute approximate surface area is 112 Å². The standard InChI is InChI=1S/C15H18F3N/c1-5-12-7-13(15(16,17)18)9-14(8-12)19(6-2)10-11(3)4/h6-10H,2,5H2,1,3-4H3. The normalized spacial score (nSPS) is 11.1. The highest BCUT2D eigenvalue weighted by Gasteiger charge is 2.31. The average Bonchev–Trinajstić information content (AvgIpc) is 2.34. The Balaban J connectivity index is 3.34. The highest BCUT2D eigenvalue weighted by atomic mass is 19.4. The molecule has 1 aromatic carbocycles. The van der Waals surface area contributed by atoms with Gasteiger partial charge in [0.15, 0.2) is 0 Å². The number of halogens is 3. The van der Waals surface area contributed by atoms with Crippen molar-refractivity contribution < 1.29 is 13.2 Å². The molecule has 0 saturated heterocycles. The van der Waals surface area contributed by atoms with Gasteiger partial charge in [-0.25, -0.2) is 0 Å². The van der Waals surface area contributed by atoms with Crippen molar-refractivity contribution in [3.63, 3.8) is 0 Å². The van der Waals surface area contributed by atoms with Crippen molar-refractivity contribution in [3.8, 4) is 0 Å². The summed E-state index contributed by atoms with van der Waals surface area (Å²) in [6, 6.07) is 4.07. The van der Waals surface area contributed by atoms with Crippen molar-refractivity contribution in [1.29, 1.82) is 0 Å². The summed E-state index contributed by atoms with van der Waals surface area (Å²) in [5, 5.41) is 0. The first kappa shape index (κ1) is 15.3. The molecule has 0 aliphatic rings. The van der Waals surface area contributed by atoms with Gasteiger partial charge in [-0.05, 0) is 44.0 Å². The van der Waals surface area contributed by atoms with Crippen LogP contribution in [0.4, 0.5) is 18.9 Å². The topological polar surface area (TPSA) is 3.24 Å². The third-order valence-electron chi connectivity index (χ3n) is 2.61. The van der Waals surface area contributed by atoms with Crippen molar-refractivity contribution in [1.82, 2.24) is 0 Å². The predicted molar refractivity (Wildman–Crippen MR) is 72.9 cm³/mol. The van der Waals surface area contributed by atoms with Gasteiger partial charge in [0.25, 0.3) is 0 Å². The molecule has 0 heterocycles. The molecule has 1 aromatic rings. The molecule has 0 fully saturated rings. The Bertz CT molecular complexity index is 483. The van der Waals surface area contributed by atoms with E-state index in [1.807, 2.05) is 20.8 Å². The maximum Gasteiger partial charge on any atom is 0.416 e. The van der Waals surface area contributed by atoms with Gasteiger partial charge in [-0.2, -0.15) is 13.2 Å². The van der Waals surface area contributed by atoms with Gasteiger partial charge in [0.2, 0.25) is 0 Å². The molecule has 1 rings (SSSR count). The molecule has 19 heavy (non-hydrogen) atoms. The smallest absolute Gasteiger partial charge is 0.325 e. The fraction of sp³-hybridized carbons (Fsp3) is 0.333. The number of rotatable bonds is 4. The Morgan fingerprint density at radius 3 is 2.32 bits per heavy atom. The minimum absolute atomic E-state index is 0.475. The third kappa shape index (κ3) is 4.16. The van der Waals surface area contributed by atoms with Crippen LogP contribution in [0, 0.1) is 0 Å². The van der Waals surface area contributed by atoms with Crippen LogP contribution < -0.4 is 4.90 Å². The van der Waals surface area contributed by atoms with Crippen LogP contribution in [-0.2, 0) is 12.6 Å². The Morgan fingerprint density at radius 2 is 1.89 bits per heavy atom. The molecule has 0 spiro atoms. The van der Waals surface area contributed by atoms with E-state index in [0.717, 1.165) is 11.6 Å². The maximum atomic E-state index is 12.9. The summed E-state index contributed by atoms with van der Waals surface area (Å²) in [6.45, 7) is 9.23. The first-order valence-corrected chi connectivity index (χ1v) is 6.05. The van der Waals surface area contributed by atoms with Crippen LogP contribution in [0.2, 0.25) is 0 Å². The zero-order valence-electron chi connectivity index (χ0n) is 11.4. The minimum Gasteiger partial charge on any atom is -0.325 e. The lowest BCUT2D eigenvalue weighted by atomic mass is 10.1. The van der Waals surface area contributed by atoms with Gasteiger partial charge >= 0.3 is 6.18 Å². The molecule has 0 unspecified atom stereocenters. The van der Waals surface area contributed by atoms with Crippen molar-refractivity contribution in [2.75, 3.05) is 4.90 Å². The number of aryl methyl sites for hydroxylation is 1.